The van der Waals surface area contributed by atoms with Crippen LogP contribution in [-0.4, -0.2) is 9.38 Å². The van der Waals surface area contributed by atoms with Gasteiger partial charge in [-0.3, -0.25) is 0 Å². The first-order valence-corrected chi connectivity index (χ1v) is 5.35. The molecule has 0 aliphatic heterocycles. The minimum atomic E-state index is 1.02. The maximum atomic E-state index is 4.55. The number of fused-ring (bicyclic) bond motifs is 1. The summed E-state index contributed by atoms with van der Waals surface area (Å²) in [7, 11) is 0. The summed E-state index contributed by atoms with van der Waals surface area (Å²) in [5.74, 6) is 0. The van der Waals surface area contributed by atoms with Gasteiger partial charge in [0.25, 0.3) is 0 Å². The zero-order valence-corrected chi connectivity index (χ0v) is 9.49. The summed E-state index contributed by atoms with van der Waals surface area (Å²) in [6.45, 7) is 6.29. The van der Waals surface area contributed by atoms with Crippen LogP contribution in [-0.2, 0) is 6.42 Å². The summed E-state index contributed by atoms with van der Waals surface area (Å²) in [5.41, 5.74) is 4.63. The summed E-state index contributed by atoms with van der Waals surface area (Å²) >= 11 is 0. The molecule has 0 bridgehead atoms. The van der Waals surface area contributed by atoms with Crippen LogP contribution in [0.25, 0.3) is 11.2 Å². The standard InChI is InChI=1S/C13H16N2/c1-4-10(3)12-9-15-8-11(5-2)6-7-13(15)14-12/h4,6-9H,5H2,1-3H3/b10-4-. The molecular formula is C13H16N2. The smallest absolute Gasteiger partial charge is 0.137 e. The van der Waals surface area contributed by atoms with Crippen LogP contribution < -0.4 is 0 Å². The van der Waals surface area contributed by atoms with Gasteiger partial charge in [0, 0.05) is 12.4 Å². The van der Waals surface area contributed by atoms with E-state index in [0.717, 1.165) is 17.8 Å². The summed E-state index contributed by atoms with van der Waals surface area (Å²) in [4.78, 5) is 4.55. The van der Waals surface area contributed by atoms with Crippen LogP contribution in [0, 0.1) is 0 Å². The molecule has 78 valence electrons. The predicted molar refractivity (Wildman–Crippen MR) is 63.9 cm³/mol. The van der Waals surface area contributed by atoms with Crippen LogP contribution in [0.3, 0.4) is 0 Å². The van der Waals surface area contributed by atoms with Crippen molar-refractivity contribution < 1.29 is 0 Å². The lowest BCUT2D eigenvalue weighted by atomic mass is 10.2. The lowest BCUT2D eigenvalue weighted by Crippen LogP contribution is -1.86. The number of imidazole rings is 1. The normalized spacial score (nSPS) is 12.3. The fraction of sp³-hybridized carbons (Fsp3) is 0.308. The Morgan fingerprint density at radius 1 is 1.40 bits per heavy atom. The monoisotopic (exact) mass is 200 g/mol. The zero-order valence-electron chi connectivity index (χ0n) is 9.49. The van der Waals surface area contributed by atoms with Crippen LogP contribution in [0.15, 0.2) is 30.6 Å². The molecule has 0 unspecified atom stereocenters. The third kappa shape index (κ3) is 1.80. The maximum Gasteiger partial charge on any atom is 0.137 e. The Hall–Kier alpha value is -1.57. The number of aryl methyl sites for hydroxylation is 1. The Labute approximate surface area is 90.3 Å². The van der Waals surface area contributed by atoms with Gasteiger partial charge in [0.15, 0.2) is 0 Å². The van der Waals surface area contributed by atoms with Crippen molar-refractivity contribution in [2.45, 2.75) is 27.2 Å². The fourth-order valence-corrected chi connectivity index (χ4v) is 1.58. The molecule has 2 aromatic rings. The second-order valence-electron chi connectivity index (χ2n) is 3.75. The molecule has 0 aromatic carbocycles. The first-order chi connectivity index (χ1) is 7.24. The van der Waals surface area contributed by atoms with Crippen molar-refractivity contribution in [2.24, 2.45) is 0 Å². The van der Waals surface area contributed by atoms with Crippen molar-refractivity contribution in [3.63, 3.8) is 0 Å². The van der Waals surface area contributed by atoms with E-state index in [1.165, 1.54) is 11.1 Å². The Kier molecular flexibility index (Phi) is 2.58. The lowest BCUT2D eigenvalue weighted by Gasteiger charge is -1.96. The summed E-state index contributed by atoms with van der Waals surface area (Å²) < 4.78 is 2.10. The van der Waals surface area contributed by atoms with Crippen molar-refractivity contribution in [3.05, 3.63) is 41.9 Å². The van der Waals surface area contributed by atoms with Crippen LogP contribution in [0.1, 0.15) is 32.0 Å². The van der Waals surface area contributed by atoms with Crippen molar-refractivity contribution in [3.8, 4) is 0 Å². The molecule has 2 rings (SSSR count). The highest BCUT2D eigenvalue weighted by Crippen LogP contribution is 2.14. The quantitative estimate of drug-likeness (QED) is 0.727. The van der Waals surface area contributed by atoms with E-state index in [4.69, 9.17) is 0 Å². The van der Waals surface area contributed by atoms with Crippen molar-refractivity contribution in [1.29, 1.82) is 0 Å². The third-order valence-corrected chi connectivity index (χ3v) is 2.76. The Bertz CT molecular complexity index is 506. The van der Waals surface area contributed by atoms with Gasteiger partial charge < -0.3 is 4.40 Å². The second kappa shape index (κ2) is 3.89. The molecule has 0 fully saturated rings. The number of allylic oxidation sites excluding steroid dienone is 2. The van der Waals surface area contributed by atoms with E-state index in [1.807, 2.05) is 6.92 Å². The summed E-state index contributed by atoms with van der Waals surface area (Å²) in [6.07, 6.45) is 7.38. The molecule has 0 saturated heterocycles. The molecule has 0 aliphatic rings. The summed E-state index contributed by atoms with van der Waals surface area (Å²) in [5, 5.41) is 0. The molecule has 2 heterocycles. The number of rotatable bonds is 2. The lowest BCUT2D eigenvalue weighted by molar-refractivity contribution is 1.07. The Morgan fingerprint density at radius 2 is 2.20 bits per heavy atom. The predicted octanol–water partition coefficient (Wildman–Crippen LogP) is 3.32. The van der Waals surface area contributed by atoms with Gasteiger partial charge in [0.1, 0.15) is 5.65 Å². The molecule has 2 heteroatoms. The van der Waals surface area contributed by atoms with Gasteiger partial charge in [-0.2, -0.15) is 0 Å². The highest BCUT2D eigenvalue weighted by atomic mass is 15.0. The van der Waals surface area contributed by atoms with Gasteiger partial charge in [0.2, 0.25) is 0 Å². The Morgan fingerprint density at radius 3 is 2.87 bits per heavy atom. The van der Waals surface area contributed by atoms with Crippen molar-refractivity contribution in [2.75, 3.05) is 0 Å². The minimum absolute atomic E-state index is 1.02. The number of hydrogen-bond acceptors (Lipinski definition) is 1. The van der Waals surface area contributed by atoms with E-state index in [0.29, 0.717) is 0 Å². The van der Waals surface area contributed by atoms with Crippen LogP contribution in [0.5, 0.6) is 0 Å². The highest BCUT2D eigenvalue weighted by molar-refractivity contribution is 5.62. The van der Waals surface area contributed by atoms with Crippen molar-refractivity contribution >= 4 is 11.2 Å². The average molecular weight is 200 g/mol. The summed E-state index contributed by atoms with van der Waals surface area (Å²) in [6, 6.07) is 4.21. The number of hydrogen-bond donors (Lipinski definition) is 0. The van der Waals surface area contributed by atoms with Crippen molar-refractivity contribution in [1.82, 2.24) is 9.38 Å². The molecule has 0 saturated carbocycles. The van der Waals surface area contributed by atoms with Crippen LogP contribution in [0.2, 0.25) is 0 Å². The van der Waals surface area contributed by atoms with Gasteiger partial charge in [-0.05, 0) is 37.5 Å². The van der Waals surface area contributed by atoms with E-state index < -0.39 is 0 Å². The first-order valence-electron chi connectivity index (χ1n) is 5.35. The van der Waals surface area contributed by atoms with Gasteiger partial charge in [-0.25, -0.2) is 4.98 Å². The molecule has 0 aliphatic carbocycles. The number of pyridine rings is 1. The molecule has 0 amide bonds. The van der Waals surface area contributed by atoms with Crippen LogP contribution in [0.4, 0.5) is 0 Å². The van der Waals surface area contributed by atoms with E-state index in [-0.39, 0.29) is 0 Å². The number of aromatic nitrogens is 2. The SMILES string of the molecule is C/C=C(/C)c1cn2cc(CC)ccc2n1. The molecule has 0 spiro atoms. The van der Waals surface area contributed by atoms with Gasteiger partial charge in [-0.1, -0.05) is 19.1 Å². The third-order valence-electron chi connectivity index (χ3n) is 2.76. The van der Waals surface area contributed by atoms with E-state index in [2.05, 4.69) is 53.8 Å². The molecule has 0 radical (unpaired) electrons. The maximum absolute atomic E-state index is 4.55. The van der Waals surface area contributed by atoms with E-state index in [9.17, 15) is 0 Å². The van der Waals surface area contributed by atoms with Gasteiger partial charge >= 0.3 is 0 Å². The Balaban J connectivity index is 2.56. The topological polar surface area (TPSA) is 17.3 Å². The van der Waals surface area contributed by atoms with E-state index >= 15 is 0 Å². The average Bonchev–Trinajstić information content (AvgIpc) is 2.70. The zero-order chi connectivity index (χ0) is 10.8. The molecular weight excluding hydrogens is 184 g/mol. The van der Waals surface area contributed by atoms with E-state index in [1.54, 1.807) is 0 Å². The highest BCUT2D eigenvalue weighted by Gasteiger charge is 2.02. The molecule has 15 heavy (non-hydrogen) atoms. The largest absolute Gasteiger partial charge is 0.306 e. The number of nitrogens with zero attached hydrogens (tertiary/aromatic N) is 2. The first kappa shape index (κ1) is 9.97. The van der Waals surface area contributed by atoms with Crippen LogP contribution >= 0.6 is 0 Å². The molecule has 2 aromatic heterocycles. The molecule has 0 N–H and O–H groups in total. The van der Waals surface area contributed by atoms with Gasteiger partial charge in [0.05, 0.1) is 5.69 Å². The second-order valence-corrected chi connectivity index (χ2v) is 3.75. The molecule has 0 atom stereocenters. The molecule has 2 nitrogen and oxygen atoms in total. The van der Waals surface area contributed by atoms with Gasteiger partial charge in [-0.15, -0.1) is 0 Å². The minimum Gasteiger partial charge on any atom is -0.306 e. The fourth-order valence-electron chi connectivity index (χ4n) is 1.58.